The predicted octanol–water partition coefficient (Wildman–Crippen LogP) is 10.2. The van der Waals surface area contributed by atoms with E-state index in [1.807, 2.05) is 6.07 Å². The largest absolute Gasteiger partial charge is 0.372 e. The van der Waals surface area contributed by atoms with Crippen molar-refractivity contribution < 1.29 is 0 Å². The molecule has 0 saturated carbocycles. The fourth-order valence-corrected chi connectivity index (χ4v) is 5.68. The van der Waals surface area contributed by atoms with Crippen molar-refractivity contribution in [3.05, 3.63) is 133 Å². The molecule has 0 saturated heterocycles. The van der Waals surface area contributed by atoms with Crippen molar-refractivity contribution in [2.45, 2.75) is 20.3 Å². The minimum absolute atomic E-state index is 1.03. The summed E-state index contributed by atoms with van der Waals surface area (Å²) in [5.74, 6) is 0. The second-order valence-corrected chi connectivity index (χ2v) is 9.92. The van der Waals surface area contributed by atoms with Crippen LogP contribution < -0.4 is 4.90 Å². The molecule has 0 radical (unpaired) electrons. The minimum Gasteiger partial charge on any atom is -0.372 e. The van der Waals surface area contributed by atoms with E-state index in [9.17, 15) is 0 Å². The van der Waals surface area contributed by atoms with Crippen LogP contribution in [-0.2, 0) is 0 Å². The molecular formula is C37H33N. The summed E-state index contributed by atoms with van der Waals surface area (Å²) in [6, 6.07) is 39.7. The van der Waals surface area contributed by atoms with Gasteiger partial charge in [0.05, 0.1) is 0 Å². The van der Waals surface area contributed by atoms with Gasteiger partial charge in [0.15, 0.2) is 0 Å². The summed E-state index contributed by atoms with van der Waals surface area (Å²) in [6.07, 6.45) is 7.67. The van der Waals surface area contributed by atoms with Crippen LogP contribution in [0.4, 0.5) is 5.69 Å². The van der Waals surface area contributed by atoms with Crippen LogP contribution >= 0.6 is 0 Å². The molecule has 1 heteroatoms. The molecule has 0 N–H and O–H groups in total. The quantitative estimate of drug-likeness (QED) is 0.175. The van der Waals surface area contributed by atoms with E-state index in [0.29, 0.717) is 0 Å². The topological polar surface area (TPSA) is 3.24 Å². The Morgan fingerprint density at radius 1 is 0.553 bits per heavy atom. The Kier molecular flexibility index (Phi) is 6.67. The second kappa shape index (κ2) is 10.6. The Bertz CT molecular complexity index is 1800. The van der Waals surface area contributed by atoms with Crippen LogP contribution in [0.25, 0.3) is 48.7 Å². The van der Waals surface area contributed by atoms with Gasteiger partial charge in [0.2, 0.25) is 0 Å². The fourth-order valence-electron chi connectivity index (χ4n) is 5.68. The highest BCUT2D eigenvalue weighted by Gasteiger charge is 2.10. The molecule has 0 unspecified atom stereocenters. The molecule has 1 aliphatic carbocycles. The number of anilines is 1. The molecule has 0 aliphatic heterocycles. The maximum atomic E-state index is 2.40. The molecular weight excluding hydrogens is 458 g/mol. The van der Waals surface area contributed by atoms with E-state index in [4.69, 9.17) is 0 Å². The van der Waals surface area contributed by atoms with Crippen LogP contribution in [0.5, 0.6) is 0 Å². The van der Waals surface area contributed by atoms with Crippen molar-refractivity contribution in [3.63, 3.8) is 0 Å². The Balaban J connectivity index is 0.000000204. The molecule has 6 aromatic carbocycles. The molecule has 0 heterocycles. The lowest BCUT2D eigenvalue weighted by molar-refractivity contribution is 0.866. The monoisotopic (exact) mass is 491 g/mol. The third-order valence-electron chi connectivity index (χ3n) is 7.70. The van der Waals surface area contributed by atoms with Crippen molar-refractivity contribution in [2.24, 2.45) is 0 Å². The van der Waals surface area contributed by atoms with Crippen LogP contribution in [0.15, 0.2) is 127 Å². The van der Waals surface area contributed by atoms with Gasteiger partial charge in [0.25, 0.3) is 0 Å². The third kappa shape index (κ3) is 4.57. The molecule has 0 amide bonds. The van der Waals surface area contributed by atoms with E-state index in [-0.39, 0.29) is 0 Å². The minimum atomic E-state index is 1.03. The zero-order valence-corrected chi connectivity index (χ0v) is 22.2. The van der Waals surface area contributed by atoms with E-state index < -0.39 is 0 Å². The van der Waals surface area contributed by atoms with Crippen LogP contribution in [0.2, 0.25) is 0 Å². The van der Waals surface area contributed by atoms with Gasteiger partial charge in [-0.25, -0.2) is 0 Å². The first-order chi connectivity index (χ1) is 18.7. The zero-order valence-electron chi connectivity index (χ0n) is 22.2. The number of fused-ring (bicyclic) bond motifs is 5. The normalized spacial score (nSPS) is 12.6. The first-order valence-electron chi connectivity index (χ1n) is 13.7. The van der Waals surface area contributed by atoms with Gasteiger partial charge in [-0.05, 0) is 111 Å². The highest BCUT2D eigenvalue weighted by molar-refractivity contribution is 6.16. The lowest BCUT2D eigenvalue weighted by Gasteiger charge is -2.20. The van der Waals surface area contributed by atoms with Crippen molar-refractivity contribution in [2.75, 3.05) is 18.0 Å². The van der Waals surface area contributed by atoms with E-state index in [0.717, 1.165) is 19.5 Å². The van der Waals surface area contributed by atoms with Crippen molar-refractivity contribution >= 4 is 54.4 Å². The summed E-state index contributed by atoms with van der Waals surface area (Å²) < 4.78 is 0. The van der Waals surface area contributed by atoms with E-state index in [1.54, 1.807) is 0 Å². The Labute approximate surface area is 225 Å². The summed E-state index contributed by atoms with van der Waals surface area (Å²) >= 11 is 0. The van der Waals surface area contributed by atoms with Gasteiger partial charge < -0.3 is 4.90 Å². The van der Waals surface area contributed by atoms with Gasteiger partial charge in [0.1, 0.15) is 0 Å². The number of hydrogen-bond acceptors (Lipinski definition) is 1. The highest BCUT2D eigenvalue weighted by atomic mass is 15.1. The lowest BCUT2D eigenvalue weighted by Crippen LogP contribution is -2.21. The molecule has 38 heavy (non-hydrogen) atoms. The van der Waals surface area contributed by atoms with Gasteiger partial charge in [-0.15, -0.1) is 0 Å². The standard InChI is InChI=1S/C27H18.C10H15N/c1-2-7-18(6-1)24-11-5-10-21-15-23-13-12-22-14-19-8-3-4-9-20(19)16-25(22)27(23)17-26(21)24;1-3-11(4-2)10-8-6-5-7-9-10/h1-6,8-17H,7H2;5-9H,3-4H2,1-2H3. The van der Waals surface area contributed by atoms with Crippen LogP contribution in [0.3, 0.4) is 0 Å². The lowest BCUT2D eigenvalue weighted by atomic mass is 9.92. The Hall–Kier alpha value is -4.36. The SMILES string of the molecule is C1=CCC(c2cccc3cc4ccc5cc6ccccc6cc5c4cc23)=C1.CCN(CC)c1ccccc1. The van der Waals surface area contributed by atoms with Gasteiger partial charge >= 0.3 is 0 Å². The summed E-state index contributed by atoms with van der Waals surface area (Å²) in [6.45, 7) is 6.52. The van der Waals surface area contributed by atoms with Crippen molar-refractivity contribution in [1.82, 2.24) is 0 Å². The molecule has 0 aromatic heterocycles. The molecule has 0 bridgehead atoms. The number of hydrogen-bond donors (Lipinski definition) is 0. The van der Waals surface area contributed by atoms with Gasteiger partial charge in [-0.3, -0.25) is 0 Å². The molecule has 6 aromatic rings. The Morgan fingerprint density at radius 2 is 1.16 bits per heavy atom. The molecule has 7 rings (SSSR count). The van der Waals surface area contributed by atoms with Gasteiger partial charge in [-0.2, -0.15) is 0 Å². The molecule has 1 nitrogen and oxygen atoms in total. The van der Waals surface area contributed by atoms with E-state index in [1.165, 1.54) is 59.9 Å². The number of benzene rings is 6. The predicted molar refractivity (Wildman–Crippen MR) is 168 cm³/mol. The average Bonchev–Trinajstić information content (AvgIpc) is 3.51. The van der Waals surface area contributed by atoms with Crippen molar-refractivity contribution in [3.8, 4) is 0 Å². The fraction of sp³-hybridized carbons (Fsp3) is 0.135. The number of allylic oxidation sites excluding steroid dienone is 4. The summed E-state index contributed by atoms with van der Waals surface area (Å²) in [7, 11) is 0. The first-order valence-corrected chi connectivity index (χ1v) is 13.7. The van der Waals surface area contributed by atoms with E-state index in [2.05, 4.69) is 140 Å². The molecule has 186 valence electrons. The van der Waals surface area contributed by atoms with Crippen LogP contribution in [-0.4, -0.2) is 13.1 Å². The molecule has 0 spiro atoms. The average molecular weight is 492 g/mol. The smallest absolute Gasteiger partial charge is 0.0365 e. The molecule has 1 aliphatic rings. The summed E-state index contributed by atoms with van der Waals surface area (Å²) in [4.78, 5) is 2.33. The highest BCUT2D eigenvalue weighted by Crippen LogP contribution is 2.36. The third-order valence-corrected chi connectivity index (χ3v) is 7.70. The van der Waals surface area contributed by atoms with Gasteiger partial charge in [-0.1, -0.05) is 91.0 Å². The van der Waals surface area contributed by atoms with E-state index >= 15 is 0 Å². The Morgan fingerprint density at radius 3 is 1.84 bits per heavy atom. The van der Waals surface area contributed by atoms with Crippen LogP contribution in [0.1, 0.15) is 25.8 Å². The maximum Gasteiger partial charge on any atom is 0.0365 e. The number of para-hydroxylation sites is 1. The summed E-state index contributed by atoms with van der Waals surface area (Å²) in [5, 5.41) is 10.5. The summed E-state index contributed by atoms with van der Waals surface area (Å²) in [5.41, 5.74) is 4.08. The molecule has 0 fully saturated rings. The maximum absolute atomic E-state index is 2.40. The van der Waals surface area contributed by atoms with Gasteiger partial charge in [0, 0.05) is 18.8 Å². The van der Waals surface area contributed by atoms with Crippen molar-refractivity contribution in [1.29, 1.82) is 0 Å². The first kappa shape index (κ1) is 24.0. The molecule has 0 atom stereocenters. The number of nitrogens with zero attached hydrogens (tertiary/aromatic N) is 1. The number of rotatable bonds is 4. The van der Waals surface area contributed by atoms with Crippen LogP contribution in [0, 0.1) is 0 Å². The second-order valence-electron chi connectivity index (χ2n) is 9.92. The zero-order chi connectivity index (χ0) is 25.9.